The highest BCUT2D eigenvalue weighted by Crippen LogP contribution is 2.51. The molecule has 28 heavy (non-hydrogen) atoms. The smallest absolute Gasteiger partial charge is 0.142 e. The van der Waals surface area contributed by atoms with Gasteiger partial charge in [0.25, 0.3) is 0 Å². The molecule has 4 heteroatoms. The topological polar surface area (TPSA) is 29.3 Å². The Balaban J connectivity index is 1.55. The molecule has 2 aliphatic heterocycles. The second-order valence-electron chi connectivity index (χ2n) is 8.32. The van der Waals surface area contributed by atoms with E-state index in [2.05, 4.69) is 54.4 Å². The SMILES string of the molecule is Cc1cc(C2C[C@H]3CCC([C@H]2c2cc(-c4ccccc4)no2)N3C)ccc1Cl. The minimum Gasteiger partial charge on any atom is -0.360 e. The van der Waals surface area contributed by atoms with Gasteiger partial charge in [0, 0.05) is 34.7 Å². The number of likely N-dealkylation sites (N-methyl/N-ethyl adjacent to an activating group) is 1. The molecule has 2 unspecified atom stereocenters. The second-order valence-corrected chi connectivity index (χ2v) is 8.73. The van der Waals surface area contributed by atoms with Gasteiger partial charge < -0.3 is 4.52 Å². The maximum atomic E-state index is 6.30. The zero-order chi connectivity index (χ0) is 19.3. The lowest BCUT2D eigenvalue weighted by Gasteiger charge is -2.42. The van der Waals surface area contributed by atoms with Crippen molar-refractivity contribution in [3.05, 3.63) is 76.5 Å². The summed E-state index contributed by atoms with van der Waals surface area (Å²) in [6.45, 7) is 2.09. The van der Waals surface area contributed by atoms with Crippen LogP contribution >= 0.6 is 11.6 Å². The van der Waals surface area contributed by atoms with Crippen LogP contribution in [0.25, 0.3) is 11.3 Å². The molecule has 4 atom stereocenters. The van der Waals surface area contributed by atoms with Crippen molar-refractivity contribution in [3.8, 4) is 11.3 Å². The number of aryl methyl sites for hydroxylation is 1. The number of nitrogens with zero attached hydrogens (tertiary/aromatic N) is 2. The Morgan fingerprint density at radius 2 is 1.89 bits per heavy atom. The average Bonchev–Trinajstić information content (AvgIpc) is 3.28. The lowest BCUT2D eigenvalue weighted by Crippen LogP contribution is -2.44. The van der Waals surface area contributed by atoms with Crippen molar-refractivity contribution >= 4 is 11.6 Å². The van der Waals surface area contributed by atoms with Crippen LogP contribution in [0.1, 0.15) is 48.0 Å². The van der Waals surface area contributed by atoms with Crippen LogP contribution in [0.3, 0.4) is 0 Å². The van der Waals surface area contributed by atoms with E-state index in [-0.39, 0.29) is 0 Å². The Morgan fingerprint density at radius 3 is 2.68 bits per heavy atom. The highest BCUT2D eigenvalue weighted by atomic mass is 35.5. The van der Waals surface area contributed by atoms with Crippen LogP contribution in [0.15, 0.2) is 59.1 Å². The summed E-state index contributed by atoms with van der Waals surface area (Å²) in [6.07, 6.45) is 3.64. The molecular formula is C24H25ClN2O. The van der Waals surface area contributed by atoms with E-state index >= 15 is 0 Å². The minimum absolute atomic E-state index is 0.314. The van der Waals surface area contributed by atoms with Gasteiger partial charge in [0.2, 0.25) is 0 Å². The molecule has 2 aliphatic rings. The normalized spacial score (nSPS) is 27.2. The summed E-state index contributed by atoms with van der Waals surface area (Å²) < 4.78 is 5.96. The van der Waals surface area contributed by atoms with E-state index in [9.17, 15) is 0 Å². The number of halogens is 1. The van der Waals surface area contributed by atoms with Gasteiger partial charge in [0.15, 0.2) is 0 Å². The predicted molar refractivity (Wildman–Crippen MR) is 113 cm³/mol. The summed E-state index contributed by atoms with van der Waals surface area (Å²) in [5, 5.41) is 5.25. The Hall–Kier alpha value is -2.10. The molecule has 1 aromatic heterocycles. The number of aromatic nitrogens is 1. The van der Waals surface area contributed by atoms with Gasteiger partial charge in [-0.1, -0.05) is 59.2 Å². The summed E-state index contributed by atoms with van der Waals surface area (Å²) >= 11 is 6.30. The molecule has 2 fully saturated rings. The van der Waals surface area contributed by atoms with Gasteiger partial charge in [-0.2, -0.15) is 0 Å². The minimum atomic E-state index is 0.314. The van der Waals surface area contributed by atoms with Crippen molar-refractivity contribution < 1.29 is 4.52 Å². The van der Waals surface area contributed by atoms with E-state index < -0.39 is 0 Å². The Bertz CT molecular complexity index is 983. The number of piperidine rings is 1. The molecule has 0 amide bonds. The standard InChI is InChI=1S/C24H25ClN2O/c1-15-12-17(8-10-20(15)25)19-13-18-9-11-22(27(18)2)24(19)23-14-21(26-28-23)16-6-4-3-5-7-16/h3-8,10,12,14,18-19,22,24H,9,11,13H2,1-2H3/t18-,19?,22?,24+/m1/s1. The highest BCUT2D eigenvalue weighted by molar-refractivity contribution is 6.31. The van der Waals surface area contributed by atoms with Crippen LogP contribution < -0.4 is 0 Å². The zero-order valence-corrected chi connectivity index (χ0v) is 17.1. The summed E-state index contributed by atoms with van der Waals surface area (Å²) in [6, 6.07) is 20.1. The third kappa shape index (κ3) is 2.98. The van der Waals surface area contributed by atoms with Crippen LogP contribution in [0.4, 0.5) is 0 Å². The molecule has 3 aromatic rings. The van der Waals surface area contributed by atoms with Crippen LogP contribution in [0.5, 0.6) is 0 Å². The van der Waals surface area contributed by atoms with Gasteiger partial charge in [-0.3, -0.25) is 4.90 Å². The molecule has 2 saturated heterocycles. The van der Waals surface area contributed by atoms with E-state index in [1.807, 2.05) is 24.3 Å². The molecule has 0 radical (unpaired) electrons. The first kappa shape index (κ1) is 18.0. The Kier molecular flexibility index (Phi) is 4.53. The first-order valence-corrected chi connectivity index (χ1v) is 10.5. The molecule has 3 nitrogen and oxygen atoms in total. The third-order valence-corrected chi connectivity index (χ3v) is 7.23. The fraction of sp³-hybridized carbons (Fsp3) is 0.375. The summed E-state index contributed by atoms with van der Waals surface area (Å²) in [5.74, 6) is 1.75. The number of benzene rings is 2. The van der Waals surface area contributed by atoms with E-state index in [4.69, 9.17) is 16.1 Å². The quantitative estimate of drug-likeness (QED) is 0.544. The lowest BCUT2D eigenvalue weighted by molar-refractivity contribution is 0.122. The fourth-order valence-electron chi connectivity index (χ4n) is 5.29. The van der Waals surface area contributed by atoms with Crippen molar-refractivity contribution in [2.24, 2.45) is 0 Å². The summed E-state index contributed by atoms with van der Waals surface area (Å²) in [4.78, 5) is 2.56. The lowest BCUT2D eigenvalue weighted by atomic mass is 9.74. The zero-order valence-electron chi connectivity index (χ0n) is 16.3. The van der Waals surface area contributed by atoms with E-state index in [1.165, 1.54) is 18.4 Å². The second kappa shape index (κ2) is 7.06. The number of hydrogen-bond donors (Lipinski definition) is 0. The molecule has 144 valence electrons. The summed E-state index contributed by atoms with van der Waals surface area (Å²) in [7, 11) is 2.27. The van der Waals surface area contributed by atoms with Crippen molar-refractivity contribution in [1.29, 1.82) is 0 Å². The van der Waals surface area contributed by atoms with Crippen molar-refractivity contribution in [1.82, 2.24) is 10.1 Å². The molecule has 5 rings (SSSR count). The number of hydrogen-bond acceptors (Lipinski definition) is 3. The van der Waals surface area contributed by atoms with Gasteiger partial charge in [0.05, 0.1) is 0 Å². The summed E-state index contributed by atoms with van der Waals surface area (Å²) in [5.41, 5.74) is 4.54. The van der Waals surface area contributed by atoms with Gasteiger partial charge in [-0.25, -0.2) is 0 Å². The van der Waals surface area contributed by atoms with Crippen LogP contribution in [-0.2, 0) is 0 Å². The van der Waals surface area contributed by atoms with Gasteiger partial charge in [-0.15, -0.1) is 0 Å². The number of rotatable bonds is 3. The molecule has 0 spiro atoms. The van der Waals surface area contributed by atoms with Gasteiger partial charge in [0.1, 0.15) is 11.5 Å². The van der Waals surface area contributed by atoms with Crippen molar-refractivity contribution in [2.45, 2.75) is 50.1 Å². The molecule has 2 bridgehead atoms. The number of fused-ring (bicyclic) bond motifs is 2. The van der Waals surface area contributed by atoms with Crippen molar-refractivity contribution in [2.75, 3.05) is 7.05 Å². The van der Waals surface area contributed by atoms with Gasteiger partial charge in [-0.05, 0) is 56.3 Å². The van der Waals surface area contributed by atoms with Crippen molar-refractivity contribution in [3.63, 3.8) is 0 Å². The Morgan fingerprint density at radius 1 is 1.07 bits per heavy atom. The maximum absolute atomic E-state index is 6.30. The molecular weight excluding hydrogens is 368 g/mol. The first-order chi connectivity index (χ1) is 13.6. The van der Waals surface area contributed by atoms with Crippen LogP contribution in [0.2, 0.25) is 5.02 Å². The maximum Gasteiger partial charge on any atom is 0.142 e. The molecule has 0 saturated carbocycles. The average molecular weight is 393 g/mol. The Labute approximate surface area is 171 Å². The van der Waals surface area contributed by atoms with Gasteiger partial charge >= 0.3 is 0 Å². The van der Waals surface area contributed by atoms with Crippen LogP contribution in [0, 0.1) is 6.92 Å². The largest absolute Gasteiger partial charge is 0.360 e. The highest BCUT2D eigenvalue weighted by Gasteiger charge is 2.48. The van der Waals surface area contributed by atoms with E-state index in [0.717, 1.165) is 34.0 Å². The molecule has 0 N–H and O–H groups in total. The van der Waals surface area contributed by atoms with Crippen LogP contribution in [-0.4, -0.2) is 29.2 Å². The monoisotopic (exact) mass is 392 g/mol. The first-order valence-electron chi connectivity index (χ1n) is 10.1. The van der Waals surface area contributed by atoms with E-state index in [1.54, 1.807) is 0 Å². The molecule has 2 aromatic carbocycles. The van der Waals surface area contributed by atoms with E-state index in [0.29, 0.717) is 23.9 Å². The molecule has 0 aliphatic carbocycles. The predicted octanol–water partition coefficient (Wildman–Crippen LogP) is 6.04. The molecule has 3 heterocycles. The third-order valence-electron chi connectivity index (χ3n) is 6.81. The fourth-order valence-corrected chi connectivity index (χ4v) is 5.40.